The first kappa shape index (κ1) is 20.7. The van der Waals surface area contributed by atoms with Gasteiger partial charge in [-0.15, -0.1) is 0 Å². The molecule has 0 aliphatic rings. The number of carbonyl (C=O) groups is 1. The molecule has 154 valence electrons. The lowest BCUT2D eigenvalue weighted by Gasteiger charge is -2.17. The first-order valence-electron chi connectivity index (χ1n) is 9.25. The van der Waals surface area contributed by atoms with Crippen molar-refractivity contribution in [1.82, 2.24) is 14.7 Å². The van der Waals surface area contributed by atoms with Crippen LogP contribution in [-0.2, 0) is 0 Å². The second kappa shape index (κ2) is 8.57. The second-order valence-electron chi connectivity index (χ2n) is 6.90. The van der Waals surface area contributed by atoms with E-state index in [1.54, 1.807) is 29.7 Å². The second-order valence-corrected chi connectivity index (χ2v) is 6.90. The van der Waals surface area contributed by atoms with Crippen LogP contribution in [0, 0.1) is 6.92 Å². The van der Waals surface area contributed by atoms with Crippen LogP contribution in [0.2, 0.25) is 0 Å². The Bertz CT molecular complexity index is 984. The van der Waals surface area contributed by atoms with E-state index in [1.807, 2.05) is 30.3 Å². The Morgan fingerprint density at radius 2 is 2.00 bits per heavy atom. The molecule has 0 aliphatic carbocycles. The molecular weight excluding hydrogens is 380 g/mol. The molecule has 0 saturated carbocycles. The Morgan fingerprint density at radius 3 is 2.66 bits per heavy atom. The molecule has 0 radical (unpaired) electrons. The number of imidazole rings is 1. The van der Waals surface area contributed by atoms with Crippen molar-refractivity contribution < 1.29 is 23.4 Å². The summed E-state index contributed by atoms with van der Waals surface area (Å²) in [6.07, 6.45) is 1.23. The van der Waals surface area contributed by atoms with E-state index in [-0.39, 0.29) is 13.2 Å². The molecule has 29 heavy (non-hydrogen) atoms. The number of rotatable bonds is 8. The number of amides is 1. The van der Waals surface area contributed by atoms with Gasteiger partial charge >= 0.3 is 0 Å². The van der Waals surface area contributed by atoms with E-state index in [0.717, 1.165) is 12.5 Å². The molecule has 3 aromatic rings. The number of aryl methyl sites for hydroxylation is 1. The molecule has 6 nitrogen and oxygen atoms in total. The Hall–Kier alpha value is -3.00. The smallest absolute Gasteiger partial charge is 0.270 e. The molecule has 0 saturated heterocycles. The molecule has 2 heterocycles. The predicted molar refractivity (Wildman–Crippen MR) is 104 cm³/mol. The van der Waals surface area contributed by atoms with Crippen molar-refractivity contribution in [2.24, 2.45) is 0 Å². The van der Waals surface area contributed by atoms with Crippen LogP contribution in [0.1, 0.15) is 41.1 Å². The van der Waals surface area contributed by atoms with Crippen LogP contribution in [0.15, 0.2) is 48.7 Å². The van der Waals surface area contributed by atoms with E-state index < -0.39 is 24.3 Å². The summed E-state index contributed by atoms with van der Waals surface area (Å²) in [7, 11) is 0. The van der Waals surface area contributed by atoms with Crippen LogP contribution in [-0.4, -0.2) is 39.5 Å². The summed E-state index contributed by atoms with van der Waals surface area (Å²) in [5.41, 5.74) is 1.90. The number of pyridine rings is 1. The van der Waals surface area contributed by atoms with Gasteiger partial charge in [-0.1, -0.05) is 30.3 Å². The predicted octanol–water partition coefficient (Wildman–Crippen LogP) is 3.53. The van der Waals surface area contributed by atoms with Gasteiger partial charge in [-0.05, 0) is 31.5 Å². The summed E-state index contributed by atoms with van der Waals surface area (Å²) in [6.45, 7) is 2.09. The number of nitrogens with one attached hydrogen (secondary N) is 1. The number of benzene rings is 1. The highest BCUT2D eigenvalue weighted by Crippen LogP contribution is 2.24. The Kier molecular flexibility index (Phi) is 6.12. The van der Waals surface area contributed by atoms with Gasteiger partial charge in [0, 0.05) is 12.6 Å². The van der Waals surface area contributed by atoms with Crippen LogP contribution >= 0.6 is 0 Å². The number of ether oxygens (including phenoxy) is 1. The summed E-state index contributed by atoms with van der Waals surface area (Å²) >= 11 is 0. The molecule has 1 amide bonds. The molecule has 1 aromatic carbocycles. The fraction of sp³-hybridized carbons (Fsp3) is 0.333. The number of aliphatic hydroxyl groups is 1. The number of carbonyl (C=O) groups excluding carboxylic acids is 1. The van der Waals surface area contributed by atoms with E-state index in [0.29, 0.717) is 22.8 Å². The molecule has 0 unspecified atom stereocenters. The van der Waals surface area contributed by atoms with Crippen LogP contribution in [0.25, 0.3) is 5.65 Å². The maximum Gasteiger partial charge on any atom is 0.270 e. The van der Waals surface area contributed by atoms with E-state index in [4.69, 9.17) is 4.74 Å². The lowest BCUT2D eigenvalue weighted by molar-refractivity contribution is 0.000943. The van der Waals surface area contributed by atoms with Crippen LogP contribution in [0.3, 0.4) is 0 Å². The number of hydrogen-bond acceptors (Lipinski definition) is 4. The number of aliphatic hydroxyl groups excluding tert-OH is 1. The van der Waals surface area contributed by atoms with Crippen LogP contribution in [0.5, 0.6) is 5.75 Å². The maximum absolute atomic E-state index is 13.0. The lowest BCUT2D eigenvalue weighted by atomic mass is 10.1. The standard InChI is InChI=1S/C21H23F2N3O3/c1-14-18(20(28)25-16(13-27)15-7-4-3-5-8-15)26-11-6-9-17(19(26)24-14)29-12-10-21(2,22)23/h3-9,11,16,27H,10,12-13H2,1-2H3,(H,25,28)/t16-/m0/s1. The summed E-state index contributed by atoms with van der Waals surface area (Å²) in [4.78, 5) is 17.3. The minimum Gasteiger partial charge on any atom is -0.489 e. The van der Waals surface area contributed by atoms with Crippen molar-refractivity contribution in [3.8, 4) is 5.75 Å². The number of fused-ring (bicyclic) bond motifs is 1. The fourth-order valence-electron chi connectivity index (χ4n) is 3.03. The fourth-order valence-corrected chi connectivity index (χ4v) is 3.03. The summed E-state index contributed by atoms with van der Waals surface area (Å²) in [6, 6.07) is 11.9. The normalized spacial score (nSPS) is 12.7. The third-order valence-electron chi connectivity index (χ3n) is 4.49. The van der Waals surface area contributed by atoms with Crippen molar-refractivity contribution in [2.45, 2.75) is 32.2 Å². The largest absolute Gasteiger partial charge is 0.489 e. The van der Waals surface area contributed by atoms with Gasteiger partial charge in [0.1, 0.15) is 5.69 Å². The average molecular weight is 403 g/mol. The molecule has 0 spiro atoms. The van der Waals surface area contributed by atoms with Gasteiger partial charge in [0.2, 0.25) is 5.92 Å². The number of nitrogens with zero attached hydrogens (tertiary/aromatic N) is 2. The molecule has 8 heteroatoms. The third-order valence-corrected chi connectivity index (χ3v) is 4.49. The highest BCUT2D eigenvalue weighted by Gasteiger charge is 2.23. The quantitative estimate of drug-likeness (QED) is 0.603. The zero-order chi connectivity index (χ0) is 21.0. The molecule has 0 bridgehead atoms. The van der Waals surface area contributed by atoms with Crippen molar-refractivity contribution in [1.29, 1.82) is 0 Å². The van der Waals surface area contributed by atoms with E-state index >= 15 is 0 Å². The molecule has 2 N–H and O–H groups in total. The molecule has 1 atom stereocenters. The van der Waals surface area contributed by atoms with Gasteiger partial charge in [0.05, 0.1) is 24.9 Å². The number of alkyl halides is 2. The minimum absolute atomic E-state index is 0.169. The third kappa shape index (κ3) is 4.89. The highest BCUT2D eigenvalue weighted by molar-refractivity contribution is 5.95. The SMILES string of the molecule is Cc1nc2c(OCCC(C)(F)F)cccn2c1C(=O)N[C@@H](CO)c1ccccc1. The van der Waals surface area contributed by atoms with Crippen LogP contribution < -0.4 is 10.1 Å². The topological polar surface area (TPSA) is 75.9 Å². The first-order valence-corrected chi connectivity index (χ1v) is 9.25. The minimum atomic E-state index is -2.82. The summed E-state index contributed by atoms with van der Waals surface area (Å²) in [5, 5.41) is 12.5. The van der Waals surface area contributed by atoms with E-state index in [1.165, 1.54) is 0 Å². The summed E-state index contributed by atoms with van der Waals surface area (Å²) < 4.78 is 33.1. The molecule has 3 rings (SSSR count). The zero-order valence-electron chi connectivity index (χ0n) is 16.2. The Balaban J connectivity index is 1.85. The summed E-state index contributed by atoms with van der Waals surface area (Å²) in [5.74, 6) is -2.91. The van der Waals surface area contributed by atoms with E-state index in [9.17, 15) is 18.7 Å². The molecule has 0 fully saturated rings. The lowest BCUT2D eigenvalue weighted by Crippen LogP contribution is -2.32. The van der Waals surface area contributed by atoms with Gasteiger partial charge in [-0.25, -0.2) is 13.8 Å². The van der Waals surface area contributed by atoms with E-state index in [2.05, 4.69) is 10.3 Å². The Morgan fingerprint density at radius 1 is 1.28 bits per heavy atom. The molecular formula is C21H23F2N3O3. The Labute approximate surface area is 167 Å². The van der Waals surface area contributed by atoms with Gasteiger partial charge in [-0.3, -0.25) is 9.20 Å². The molecule has 0 aliphatic heterocycles. The monoisotopic (exact) mass is 403 g/mol. The van der Waals surface area contributed by atoms with Crippen molar-refractivity contribution in [2.75, 3.05) is 13.2 Å². The van der Waals surface area contributed by atoms with Crippen molar-refractivity contribution in [3.63, 3.8) is 0 Å². The van der Waals surface area contributed by atoms with Gasteiger partial charge in [0.15, 0.2) is 11.4 Å². The molecule has 2 aromatic heterocycles. The number of halogens is 2. The van der Waals surface area contributed by atoms with Gasteiger partial charge in [-0.2, -0.15) is 0 Å². The van der Waals surface area contributed by atoms with Gasteiger partial charge in [0.25, 0.3) is 5.91 Å². The van der Waals surface area contributed by atoms with Gasteiger partial charge < -0.3 is 15.2 Å². The number of aromatic nitrogens is 2. The first-order chi connectivity index (χ1) is 13.8. The highest BCUT2D eigenvalue weighted by atomic mass is 19.3. The number of hydrogen-bond donors (Lipinski definition) is 2. The van der Waals surface area contributed by atoms with Crippen molar-refractivity contribution in [3.05, 3.63) is 65.6 Å². The van der Waals surface area contributed by atoms with Crippen molar-refractivity contribution >= 4 is 11.6 Å². The maximum atomic E-state index is 13.0. The van der Waals surface area contributed by atoms with Crippen LogP contribution in [0.4, 0.5) is 8.78 Å². The average Bonchev–Trinajstić information content (AvgIpc) is 3.02. The zero-order valence-corrected chi connectivity index (χ0v) is 16.2.